The fraction of sp³-hybridized carbons (Fsp3) is 0.111. The van der Waals surface area contributed by atoms with Crippen molar-refractivity contribution in [1.29, 1.82) is 0 Å². The van der Waals surface area contributed by atoms with Gasteiger partial charge in [0.25, 0.3) is 0 Å². The van der Waals surface area contributed by atoms with Gasteiger partial charge < -0.3 is 5.73 Å². The summed E-state index contributed by atoms with van der Waals surface area (Å²) in [4.78, 5) is 8.16. The highest BCUT2D eigenvalue weighted by molar-refractivity contribution is 9.10. The summed E-state index contributed by atoms with van der Waals surface area (Å²) in [6, 6.07) is 0. The zero-order chi connectivity index (χ0) is 10.1. The molecule has 0 saturated heterocycles. The summed E-state index contributed by atoms with van der Waals surface area (Å²) in [6.07, 6.45) is 1.49. The molecule has 0 unspecified atom stereocenters. The Morgan fingerprint density at radius 3 is 2.79 bits per heavy atom. The van der Waals surface area contributed by atoms with Crippen LogP contribution in [0.1, 0.15) is 5.56 Å². The molecule has 0 saturated carbocycles. The van der Waals surface area contributed by atoms with Crippen LogP contribution < -0.4 is 5.73 Å². The Morgan fingerprint density at radius 1 is 1.36 bits per heavy atom. The Kier molecular flexibility index (Phi) is 2.52. The van der Waals surface area contributed by atoms with Crippen molar-refractivity contribution in [2.75, 3.05) is 5.73 Å². The lowest BCUT2D eigenvalue weighted by molar-refractivity contribution is 1.15. The van der Waals surface area contributed by atoms with Crippen LogP contribution >= 0.6 is 27.3 Å². The van der Waals surface area contributed by atoms with Crippen LogP contribution in [0.15, 0.2) is 21.6 Å². The quantitative estimate of drug-likeness (QED) is 0.866. The van der Waals surface area contributed by atoms with Gasteiger partial charge in [-0.3, -0.25) is 0 Å². The first-order valence-corrected chi connectivity index (χ1v) is 5.73. The Labute approximate surface area is 94.1 Å². The molecule has 72 valence electrons. The van der Waals surface area contributed by atoms with Gasteiger partial charge in [-0.15, -0.1) is 0 Å². The topological polar surface area (TPSA) is 51.8 Å². The van der Waals surface area contributed by atoms with Crippen molar-refractivity contribution in [2.45, 2.75) is 6.92 Å². The van der Waals surface area contributed by atoms with E-state index in [-0.39, 0.29) is 0 Å². The van der Waals surface area contributed by atoms with E-state index in [0.717, 1.165) is 21.3 Å². The molecule has 5 heteroatoms. The Morgan fingerprint density at radius 2 is 2.14 bits per heavy atom. The van der Waals surface area contributed by atoms with Crippen LogP contribution in [0.25, 0.3) is 11.3 Å². The van der Waals surface area contributed by atoms with Crippen molar-refractivity contribution in [1.82, 2.24) is 9.97 Å². The molecule has 2 aromatic rings. The molecule has 2 heterocycles. The third kappa shape index (κ3) is 1.53. The van der Waals surface area contributed by atoms with Crippen molar-refractivity contribution in [3.63, 3.8) is 0 Å². The van der Waals surface area contributed by atoms with Gasteiger partial charge in [-0.1, -0.05) is 0 Å². The van der Waals surface area contributed by atoms with Gasteiger partial charge in [0.2, 0.25) is 0 Å². The predicted octanol–water partition coefficient (Wildman–Crippen LogP) is 2.86. The number of hydrogen-bond donors (Lipinski definition) is 1. The average Bonchev–Trinajstić information content (AvgIpc) is 2.57. The first-order chi connectivity index (χ1) is 6.70. The molecule has 0 radical (unpaired) electrons. The molecule has 0 spiro atoms. The Bertz CT molecular complexity index is 467. The molecule has 0 atom stereocenters. The van der Waals surface area contributed by atoms with Crippen molar-refractivity contribution in [3.05, 3.63) is 27.1 Å². The molecule has 14 heavy (non-hydrogen) atoms. The summed E-state index contributed by atoms with van der Waals surface area (Å²) in [6.45, 7) is 1.93. The summed E-state index contributed by atoms with van der Waals surface area (Å²) in [5.41, 5.74) is 8.60. The van der Waals surface area contributed by atoms with Gasteiger partial charge in [0, 0.05) is 26.4 Å². The zero-order valence-corrected chi connectivity index (χ0v) is 9.89. The predicted molar refractivity (Wildman–Crippen MR) is 62.2 cm³/mol. The number of rotatable bonds is 1. The normalized spacial score (nSPS) is 10.4. The molecule has 0 bridgehead atoms. The van der Waals surface area contributed by atoms with Crippen LogP contribution in [0.5, 0.6) is 0 Å². The van der Waals surface area contributed by atoms with Gasteiger partial charge in [0.15, 0.2) is 0 Å². The minimum atomic E-state index is 0.535. The minimum absolute atomic E-state index is 0.535. The lowest BCUT2D eigenvalue weighted by atomic mass is 10.1. The number of anilines is 1. The third-order valence-electron chi connectivity index (χ3n) is 1.99. The van der Waals surface area contributed by atoms with Crippen LogP contribution in [0, 0.1) is 6.92 Å². The molecule has 2 N–H and O–H groups in total. The molecule has 2 aromatic heterocycles. The number of aromatic nitrogens is 2. The second kappa shape index (κ2) is 3.67. The largest absolute Gasteiger partial charge is 0.383 e. The minimum Gasteiger partial charge on any atom is -0.383 e. The van der Waals surface area contributed by atoms with E-state index in [1.165, 1.54) is 6.33 Å². The average molecular weight is 270 g/mol. The number of nitrogens with zero attached hydrogens (tertiary/aromatic N) is 2. The maximum absolute atomic E-state index is 5.71. The summed E-state index contributed by atoms with van der Waals surface area (Å²) in [5.74, 6) is 0.535. The molecule has 3 nitrogen and oxygen atoms in total. The monoisotopic (exact) mass is 269 g/mol. The summed E-state index contributed by atoms with van der Waals surface area (Å²) in [5, 5.41) is 4.06. The molecule has 0 aliphatic rings. The van der Waals surface area contributed by atoms with Crippen LogP contribution in [0.2, 0.25) is 0 Å². The van der Waals surface area contributed by atoms with Crippen LogP contribution in [-0.2, 0) is 0 Å². The molecule has 0 aliphatic carbocycles. The fourth-order valence-electron chi connectivity index (χ4n) is 1.19. The van der Waals surface area contributed by atoms with E-state index in [2.05, 4.69) is 25.9 Å². The van der Waals surface area contributed by atoms with Crippen molar-refractivity contribution in [2.24, 2.45) is 0 Å². The molecule has 0 amide bonds. The SMILES string of the molecule is Cc1c(N)ncnc1-c1cscc1Br. The molecule has 2 rings (SSSR count). The first-order valence-electron chi connectivity index (χ1n) is 3.99. The lowest BCUT2D eigenvalue weighted by Crippen LogP contribution is -1.97. The molecule has 0 aromatic carbocycles. The maximum atomic E-state index is 5.71. The van der Waals surface area contributed by atoms with Crippen LogP contribution in [0.4, 0.5) is 5.82 Å². The number of nitrogens with two attached hydrogens (primary N) is 1. The zero-order valence-electron chi connectivity index (χ0n) is 7.49. The second-order valence-electron chi connectivity index (χ2n) is 2.87. The maximum Gasteiger partial charge on any atom is 0.130 e. The van der Waals surface area contributed by atoms with E-state index in [9.17, 15) is 0 Å². The number of halogens is 1. The van der Waals surface area contributed by atoms with Gasteiger partial charge in [0.1, 0.15) is 12.1 Å². The van der Waals surface area contributed by atoms with E-state index in [1.54, 1.807) is 11.3 Å². The molecular weight excluding hydrogens is 262 g/mol. The van der Waals surface area contributed by atoms with Gasteiger partial charge >= 0.3 is 0 Å². The van der Waals surface area contributed by atoms with Crippen LogP contribution in [0.3, 0.4) is 0 Å². The van der Waals surface area contributed by atoms with Crippen molar-refractivity contribution in [3.8, 4) is 11.3 Å². The molecular formula is C9H8BrN3S. The van der Waals surface area contributed by atoms with Gasteiger partial charge in [-0.25, -0.2) is 9.97 Å². The Balaban J connectivity index is 2.63. The van der Waals surface area contributed by atoms with Crippen molar-refractivity contribution < 1.29 is 0 Å². The third-order valence-corrected chi connectivity index (χ3v) is 3.70. The fourth-order valence-corrected chi connectivity index (χ4v) is 2.65. The first kappa shape index (κ1) is 9.61. The van der Waals surface area contributed by atoms with E-state index >= 15 is 0 Å². The standard InChI is InChI=1S/C9H8BrN3S/c1-5-8(12-4-13-9(5)11)6-2-14-3-7(6)10/h2-4H,1H3,(H2,11,12,13). The highest BCUT2D eigenvalue weighted by Crippen LogP contribution is 2.32. The van der Waals surface area contributed by atoms with E-state index in [1.807, 2.05) is 17.7 Å². The highest BCUT2D eigenvalue weighted by atomic mass is 79.9. The van der Waals surface area contributed by atoms with Gasteiger partial charge in [-0.05, 0) is 22.9 Å². The van der Waals surface area contributed by atoms with Gasteiger partial charge in [-0.2, -0.15) is 11.3 Å². The number of nitrogen functional groups attached to an aromatic ring is 1. The van der Waals surface area contributed by atoms with E-state index < -0.39 is 0 Å². The smallest absolute Gasteiger partial charge is 0.130 e. The number of hydrogen-bond acceptors (Lipinski definition) is 4. The lowest BCUT2D eigenvalue weighted by Gasteiger charge is -2.04. The molecule has 0 fully saturated rings. The van der Waals surface area contributed by atoms with Gasteiger partial charge in [0.05, 0.1) is 5.69 Å². The van der Waals surface area contributed by atoms with Crippen LogP contribution in [-0.4, -0.2) is 9.97 Å². The summed E-state index contributed by atoms with van der Waals surface area (Å²) >= 11 is 5.10. The second-order valence-corrected chi connectivity index (χ2v) is 4.46. The van der Waals surface area contributed by atoms with Crippen molar-refractivity contribution >= 4 is 33.1 Å². The highest BCUT2D eigenvalue weighted by Gasteiger charge is 2.10. The Hall–Kier alpha value is -0.940. The summed E-state index contributed by atoms with van der Waals surface area (Å²) < 4.78 is 1.05. The number of thiophene rings is 1. The van der Waals surface area contributed by atoms with E-state index in [0.29, 0.717) is 5.82 Å². The van der Waals surface area contributed by atoms with E-state index in [4.69, 9.17) is 5.73 Å². The molecule has 0 aliphatic heterocycles. The summed E-state index contributed by atoms with van der Waals surface area (Å²) in [7, 11) is 0.